The lowest BCUT2D eigenvalue weighted by Crippen LogP contribution is -2.51. The molecule has 0 spiro atoms. The largest absolute Gasteiger partial charge is 0.494 e. The third-order valence-electron chi connectivity index (χ3n) is 6.78. The number of amides is 2. The predicted molar refractivity (Wildman–Crippen MR) is 166 cm³/mol. The van der Waals surface area contributed by atoms with Gasteiger partial charge in [-0.3, -0.25) is 13.9 Å². The highest BCUT2D eigenvalue weighted by molar-refractivity contribution is 7.92. The summed E-state index contributed by atoms with van der Waals surface area (Å²) < 4.78 is 59.0. The monoisotopic (exact) mass is 629 g/mol. The molecule has 0 saturated carbocycles. The first kappa shape index (κ1) is 34.2. The minimum atomic E-state index is -4.35. The van der Waals surface area contributed by atoms with Gasteiger partial charge >= 0.3 is 0 Å². The van der Waals surface area contributed by atoms with Crippen molar-refractivity contribution in [3.63, 3.8) is 0 Å². The van der Waals surface area contributed by atoms with Gasteiger partial charge in [0.25, 0.3) is 10.0 Å². The molecule has 2 amide bonds. The zero-order chi connectivity index (χ0) is 32.4. The lowest BCUT2D eigenvalue weighted by molar-refractivity contribution is -0.139. The quantitative estimate of drug-likeness (QED) is 0.261. The van der Waals surface area contributed by atoms with Gasteiger partial charge in [-0.25, -0.2) is 12.8 Å². The van der Waals surface area contributed by atoms with Crippen LogP contribution in [0.25, 0.3) is 0 Å². The molecular weight excluding hydrogens is 589 g/mol. The van der Waals surface area contributed by atoms with Gasteiger partial charge < -0.3 is 24.4 Å². The van der Waals surface area contributed by atoms with E-state index in [-0.39, 0.29) is 28.8 Å². The number of sulfonamides is 1. The third kappa shape index (κ3) is 8.62. The van der Waals surface area contributed by atoms with Crippen LogP contribution in [0.5, 0.6) is 17.2 Å². The predicted octanol–water partition coefficient (Wildman–Crippen LogP) is 4.63. The van der Waals surface area contributed by atoms with Crippen LogP contribution < -0.4 is 23.8 Å². The summed E-state index contributed by atoms with van der Waals surface area (Å²) in [6.45, 7) is 7.42. The van der Waals surface area contributed by atoms with Crippen molar-refractivity contribution in [2.45, 2.75) is 45.2 Å². The van der Waals surface area contributed by atoms with Crippen LogP contribution in [0.3, 0.4) is 0 Å². The maximum Gasteiger partial charge on any atom is 0.264 e. The van der Waals surface area contributed by atoms with Crippen molar-refractivity contribution in [3.8, 4) is 17.2 Å². The Morgan fingerprint density at radius 3 is 2.11 bits per heavy atom. The fraction of sp³-hybridized carbons (Fsp3) is 0.375. The summed E-state index contributed by atoms with van der Waals surface area (Å²) >= 11 is 0. The minimum Gasteiger partial charge on any atom is -0.494 e. The summed E-state index contributed by atoms with van der Waals surface area (Å²) in [6, 6.07) is 15.0. The van der Waals surface area contributed by atoms with Crippen LogP contribution in [0.2, 0.25) is 0 Å². The Morgan fingerprint density at radius 1 is 0.909 bits per heavy atom. The molecular formula is C32H40FN3O7S. The Bertz CT molecular complexity index is 1510. The van der Waals surface area contributed by atoms with Crippen LogP contribution >= 0.6 is 0 Å². The summed E-state index contributed by atoms with van der Waals surface area (Å²) in [5, 5.41) is 2.83. The molecule has 0 heterocycles. The van der Waals surface area contributed by atoms with E-state index in [0.717, 1.165) is 4.31 Å². The van der Waals surface area contributed by atoms with Gasteiger partial charge in [0.05, 0.1) is 31.4 Å². The molecule has 0 bridgehead atoms. The molecule has 0 saturated heterocycles. The van der Waals surface area contributed by atoms with Gasteiger partial charge in [-0.1, -0.05) is 26.0 Å². The van der Waals surface area contributed by atoms with Crippen LogP contribution in [-0.2, 0) is 26.2 Å². The number of hydrogen-bond acceptors (Lipinski definition) is 7. The number of benzene rings is 3. The van der Waals surface area contributed by atoms with E-state index in [9.17, 15) is 22.4 Å². The van der Waals surface area contributed by atoms with Crippen LogP contribution in [0.4, 0.5) is 10.1 Å². The SMILES string of the molecule is CCOc1ccc(N(CC(=O)N(Cc2ccc(F)cc2)[C@H](C)C(=O)NCC(C)C)S(=O)(=O)c2ccc(OC)c(OC)c2)cc1. The third-order valence-corrected chi connectivity index (χ3v) is 8.55. The highest BCUT2D eigenvalue weighted by Gasteiger charge is 2.33. The molecule has 0 aliphatic carbocycles. The Hall–Kier alpha value is -4.32. The average molecular weight is 630 g/mol. The molecule has 0 aliphatic rings. The maximum absolute atomic E-state index is 14.2. The lowest BCUT2D eigenvalue weighted by Gasteiger charge is -2.32. The van der Waals surface area contributed by atoms with E-state index < -0.39 is 40.2 Å². The summed E-state index contributed by atoms with van der Waals surface area (Å²) in [6.07, 6.45) is 0. The van der Waals surface area contributed by atoms with Gasteiger partial charge in [0.1, 0.15) is 24.2 Å². The molecule has 3 aromatic rings. The highest BCUT2D eigenvalue weighted by atomic mass is 32.2. The number of rotatable bonds is 15. The fourth-order valence-corrected chi connectivity index (χ4v) is 5.76. The van der Waals surface area contributed by atoms with Crippen LogP contribution in [-0.4, -0.2) is 65.1 Å². The molecule has 3 rings (SSSR count). The number of halogens is 1. The molecule has 0 fully saturated rings. The van der Waals surface area contributed by atoms with E-state index in [4.69, 9.17) is 14.2 Å². The van der Waals surface area contributed by atoms with Gasteiger partial charge in [-0.2, -0.15) is 0 Å². The Balaban J connectivity index is 2.06. The first-order chi connectivity index (χ1) is 20.9. The molecule has 0 aliphatic heterocycles. The number of nitrogens with zero attached hydrogens (tertiary/aromatic N) is 2. The number of nitrogens with one attached hydrogen (secondary N) is 1. The summed E-state index contributed by atoms with van der Waals surface area (Å²) in [5.41, 5.74) is 0.772. The van der Waals surface area contributed by atoms with Crippen molar-refractivity contribution in [1.82, 2.24) is 10.2 Å². The molecule has 238 valence electrons. The van der Waals surface area contributed by atoms with Crippen molar-refractivity contribution in [2.75, 3.05) is 38.2 Å². The molecule has 1 atom stereocenters. The number of methoxy groups -OCH3 is 2. The van der Waals surface area contributed by atoms with Gasteiger partial charge in [-0.05, 0) is 73.9 Å². The van der Waals surface area contributed by atoms with Crippen molar-refractivity contribution in [1.29, 1.82) is 0 Å². The van der Waals surface area contributed by atoms with E-state index in [0.29, 0.717) is 30.2 Å². The minimum absolute atomic E-state index is 0.0527. The number of carbonyl (C=O) groups is 2. The lowest BCUT2D eigenvalue weighted by atomic mass is 10.1. The molecule has 44 heavy (non-hydrogen) atoms. The maximum atomic E-state index is 14.2. The molecule has 0 unspecified atom stereocenters. The van der Waals surface area contributed by atoms with Crippen molar-refractivity contribution >= 4 is 27.5 Å². The number of carbonyl (C=O) groups excluding carboxylic acids is 2. The van der Waals surface area contributed by atoms with Crippen LogP contribution in [0.15, 0.2) is 71.6 Å². The second-order valence-corrected chi connectivity index (χ2v) is 12.3. The number of hydrogen-bond donors (Lipinski definition) is 1. The van der Waals surface area contributed by atoms with E-state index >= 15 is 0 Å². The van der Waals surface area contributed by atoms with Crippen LogP contribution in [0.1, 0.15) is 33.3 Å². The summed E-state index contributed by atoms with van der Waals surface area (Å²) in [4.78, 5) is 28.3. The molecule has 1 N–H and O–H groups in total. The summed E-state index contributed by atoms with van der Waals surface area (Å²) in [5.74, 6) is -0.253. The highest BCUT2D eigenvalue weighted by Crippen LogP contribution is 2.33. The number of anilines is 1. The van der Waals surface area contributed by atoms with Crippen molar-refractivity contribution < 1.29 is 36.6 Å². The van der Waals surface area contributed by atoms with E-state index in [1.54, 1.807) is 31.2 Å². The molecule has 0 radical (unpaired) electrons. The summed E-state index contributed by atoms with van der Waals surface area (Å²) in [7, 11) is -1.53. The standard InChI is InChI=1S/C32H40FN3O7S/c1-7-43-27-14-12-26(13-15-27)36(44(39,40)28-16-17-29(41-5)30(18-28)42-6)21-31(37)35(20-24-8-10-25(33)11-9-24)23(4)32(38)34-19-22(2)3/h8-18,22-23H,7,19-21H2,1-6H3,(H,34,38)/t23-/m1/s1. The van der Waals surface area contributed by atoms with Gasteiger partial charge in [0, 0.05) is 19.2 Å². The normalized spacial score (nSPS) is 11.9. The van der Waals surface area contributed by atoms with Gasteiger partial charge in [-0.15, -0.1) is 0 Å². The van der Waals surface area contributed by atoms with E-state index in [1.165, 1.54) is 61.6 Å². The van der Waals surface area contributed by atoms with Gasteiger partial charge in [0.15, 0.2) is 11.5 Å². The van der Waals surface area contributed by atoms with Crippen molar-refractivity contribution in [2.24, 2.45) is 5.92 Å². The van der Waals surface area contributed by atoms with Crippen LogP contribution in [0, 0.1) is 11.7 Å². The first-order valence-electron chi connectivity index (χ1n) is 14.2. The van der Waals surface area contributed by atoms with Gasteiger partial charge in [0.2, 0.25) is 11.8 Å². The molecule has 10 nitrogen and oxygen atoms in total. The zero-order valence-corrected chi connectivity index (χ0v) is 26.7. The molecule has 0 aromatic heterocycles. The average Bonchev–Trinajstić information content (AvgIpc) is 3.01. The Morgan fingerprint density at radius 2 is 1.55 bits per heavy atom. The molecule has 12 heteroatoms. The zero-order valence-electron chi connectivity index (χ0n) is 25.9. The topological polar surface area (TPSA) is 114 Å². The second kappa shape index (κ2) is 15.4. The van der Waals surface area contributed by atoms with E-state index in [1.807, 2.05) is 20.8 Å². The Labute approximate surface area is 258 Å². The fourth-order valence-electron chi connectivity index (χ4n) is 4.33. The number of ether oxygens (including phenoxy) is 3. The second-order valence-electron chi connectivity index (χ2n) is 10.4. The smallest absolute Gasteiger partial charge is 0.264 e. The van der Waals surface area contributed by atoms with Crippen molar-refractivity contribution in [3.05, 3.63) is 78.1 Å². The first-order valence-corrected chi connectivity index (χ1v) is 15.6. The Kier molecular flexibility index (Phi) is 12.0. The van der Waals surface area contributed by atoms with E-state index in [2.05, 4.69) is 5.32 Å². The molecule has 3 aromatic carbocycles.